The lowest BCUT2D eigenvalue weighted by atomic mass is 10.1. The minimum atomic E-state index is -0.302. The highest BCUT2D eigenvalue weighted by Gasteiger charge is 2.21. The molecule has 2 aromatic carbocycles. The first-order chi connectivity index (χ1) is 15.5. The average molecular weight is 434 g/mol. The minimum Gasteiger partial charge on any atom is -0.489 e. The molecular weight excluding hydrogens is 402 g/mol. The molecule has 1 fully saturated rings. The van der Waals surface area contributed by atoms with E-state index in [1.165, 1.54) is 30.4 Å². The summed E-state index contributed by atoms with van der Waals surface area (Å²) in [6.45, 7) is 9.40. The number of anilines is 1. The van der Waals surface area contributed by atoms with Crippen LogP contribution in [0, 0.1) is 20.8 Å². The van der Waals surface area contributed by atoms with Gasteiger partial charge in [-0.2, -0.15) is 0 Å². The zero-order chi connectivity index (χ0) is 22.5. The summed E-state index contributed by atoms with van der Waals surface area (Å²) in [6.07, 6.45) is 3.89. The van der Waals surface area contributed by atoms with E-state index in [0.717, 1.165) is 36.6 Å². The van der Waals surface area contributed by atoms with Gasteiger partial charge in [-0.3, -0.25) is 9.69 Å². The number of nitrogens with zero attached hydrogens (tertiary/aromatic N) is 2. The zero-order valence-corrected chi connectivity index (χ0v) is 19.1. The molecule has 1 aromatic heterocycles. The summed E-state index contributed by atoms with van der Waals surface area (Å²) in [6, 6.07) is 14.0. The molecule has 1 N–H and O–H groups in total. The molecule has 4 rings (SSSR count). The Bertz CT molecular complexity index is 1070. The third kappa shape index (κ3) is 5.37. The normalized spacial score (nSPS) is 14.3. The molecule has 1 aliphatic rings. The van der Waals surface area contributed by atoms with Crippen LogP contribution in [0.5, 0.6) is 5.75 Å². The average Bonchev–Trinajstić information content (AvgIpc) is 3.17. The summed E-state index contributed by atoms with van der Waals surface area (Å²) in [4.78, 5) is 15.3. The van der Waals surface area contributed by atoms with Crippen LogP contribution in [0.25, 0.3) is 0 Å². The molecule has 32 heavy (non-hydrogen) atoms. The number of hydrogen-bond donors (Lipinski definition) is 1. The molecule has 1 amide bonds. The second-order valence-corrected chi connectivity index (χ2v) is 8.59. The second kappa shape index (κ2) is 10.0. The van der Waals surface area contributed by atoms with E-state index in [1.54, 1.807) is 6.92 Å². The van der Waals surface area contributed by atoms with E-state index in [4.69, 9.17) is 9.26 Å². The maximum Gasteiger partial charge on any atom is 0.278 e. The van der Waals surface area contributed by atoms with Gasteiger partial charge >= 0.3 is 0 Å². The SMILES string of the molecule is Cc1ccc(OCc2c(C(=O)Nc3ccc(CN4CCCCC4)cc3)noc2C)cc1C. The van der Waals surface area contributed by atoms with Gasteiger partial charge < -0.3 is 14.6 Å². The van der Waals surface area contributed by atoms with Crippen molar-refractivity contribution in [2.45, 2.75) is 53.2 Å². The number of ether oxygens (including phenoxy) is 1. The van der Waals surface area contributed by atoms with E-state index >= 15 is 0 Å². The molecular formula is C26H31N3O3. The van der Waals surface area contributed by atoms with Gasteiger partial charge in [0.25, 0.3) is 5.91 Å². The van der Waals surface area contributed by atoms with Crippen LogP contribution in [-0.2, 0) is 13.2 Å². The molecule has 0 radical (unpaired) electrons. The first-order valence-electron chi connectivity index (χ1n) is 11.3. The van der Waals surface area contributed by atoms with Crippen LogP contribution in [0.3, 0.4) is 0 Å². The molecule has 0 spiro atoms. The number of amides is 1. The van der Waals surface area contributed by atoms with Crippen LogP contribution < -0.4 is 10.1 Å². The van der Waals surface area contributed by atoms with Crippen LogP contribution in [0.2, 0.25) is 0 Å². The first kappa shape index (κ1) is 22.1. The van der Waals surface area contributed by atoms with Crippen LogP contribution >= 0.6 is 0 Å². The summed E-state index contributed by atoms with van der Waals surface area (Å²) < 4.78 is 11.2. The summed E-state index contributed by atoms with van der Waals surface area (Å²) in [5.41, 5.74) is 5.27. The molecule has 6 heteroatoms. The third-order valence-corrected chi connectivity index (χ3v) is 6.13. The number of benzene rings is 2. The predicted octanol–water partition coefficient (Wildman–Crippen LogP) is 5.42. The van der Waals surface area contributed by atoms with Crippen molar-refractivity contribution in [1.82, 2.24) is 10.1 Å². The number of aryl methyl sites for hydroxylation is 3. The molecule has 168 valence electrons. The van der Waals surface area contributed by atoms with E-state index in [9.17, 15) is 4.79 Å². The largest absolute Gasteiger partial charge is 0.489 e. The Morgan fingerprint density at radius 2 is 1.78 bits per heavy atom. The maximum atomic E-state index is 12.9. The number of aromatic nitrogens is 1. The summed E-state index contributed by atoms with van der Waals surface area (Å²) >= 11 is 0. The Kier molecular flexibility index (Phi) is 6.90. The van der Waals surface area contributed by atoms with E-state index < -0.39 is 0 Å². The van der Waals surface area contributed by atoms with Crippen molar-refractivity contribution in [1.29, 1.82) is 0 Å². The van der Waals surface area contributed by atoms with Gasteiger partial charge in [-0.15, -0.1) is 0 Å². The molecule has 0 saturated carbocycles. The van der Waals surface area contributed by atoms with Gasteiger partial charge in [-0.25, -0.2) is 0 Å². The number of carbonyl (C=O) groups excluding carboxylic acids is 1. The highest BCUT2D eigenvalue weighted by molar-refractivity contribution is 6.03. The zero-order valence-electron chi connectivity index (χ0n) is 19.1. The van der Waals surface area contributed by atoms with Crippen LogP contribution in [-0.4, -0.2) is 29.1 Å². The Balaban J connectivity index is 1.38. The third-order valence-electron chi connectivity index (χ3n) is 6.13. The lowest BCUT2D eigenvalue weighted by Gasteiger charge is -2.26. The fourth-order valence-electron chi connectivity index (χ4n) is 3.96. The van der Waals surface area contributed by atoms with Crippen LogP contribution in [0.15, 0.2) is 47.0 Å². The van der Waals surface area contributed by atoms with Gasteiger partial charge in [-0.05, 0) is 87.7 Å². The van der Waals surface area contributed by atoms with E-state index in [1.807, 2.05) is 37.3 Å². The molecule has 0 unspecified atom stereocenters. The highest BCUT2D eigenvalue weighted by Crippen LogP contribution is 2.22. The summed E-state index contributed by atoms with van der Waals surface area (Å²) in [7, 11) is 0. The Hall–Kier alpha value is -3.12. The second-order valence-electron chi connectivity index (χ2n) is 8.59. The Labute approximate surface area is 189 Å². The summed E-state index contributed by atoms with van der Waals surface area (Å²) in [5, 5.41) is 6.90. The molecule has 0 bridgehead atoms. The minimum absolute atomic E-state index is 0.218. The lowest BCUT2D eigenvalue weighted by Crippen LogP contribution is -2.29. The molecule has 1 saturated heterocycles. The maximum absolute atomic E-state index is 12.9. The summed E-state index contributed by atoms with van der Waals surface area (Å²) in [5.74, 6) is 1.03. The standard InChI is InChI=1S/C26H31N3O3/c1-18-7-12-23(15-19(18)2)31-17-24-20(3)32-28-25(24)26(30)27-22-10-8-21(9-11-22)16-29-13-5-4-6-14-29/h7-12,15H,4-6,13-14,16-17H2,1-3H3,(H,27,30). The number of rotatable bonds is 7. The number of likely N-dealkylation sites (tertiary alicyclic amines) is 1. The Morgan fingerprint density at radius 3 is 2.50 bits per heavy atom. The molecule has 6 nitrogen and oxygen atoms in total. The van der Waals surface area contributed by atoms with Crippen molar-refractivity contribution in [2.24, 2.45) is 0 Å². The number of carbonyl (C=O) groups is 1. The number of nitrogens with one attached hydrogen (secondary N) is 1. The van der Waals surface area contributed by atoms with Crippen molar-refractivity contribution >= 4 is 11.6 Å². The quantitative estimate of drug-likeness (QED) is 0.539. The first-order valence-corrected chi connectivity index (χ1v) is 11.3. The molecule has 0 aliphatic carbocycles. The van der Waals surface area contributed by atoms with Gasteiger partial charge in [0.2, 0.25) is 0 Å². The lowest BCUT2D eigenvalue weighted by molar-refractivity contribution is 0.101. The highest BCUT2D eigenvalue weighted by atomic mass is 16.5. The monoisotopic (exact) mass is 433 g/mol. The van der Waals surface area contributed by atoms with Gasteiger partial charge in [-0.1, -0.05) is 29.8 Å². The smallest absolute Gasteiger partial charge is 0.278 e. The topological polar surface area (TPSA) is 67.6 Å². The van der Waals surface area contributed by atoms with Gasteiger partial charge in [0.1, 0.15) is 18.1 Å². The number of piperidine rings is 1. The van der Waals surface area contributed by atoms with Gasteiger partial charge in [0.15, 0.2) is 5.69 Å². The van der Waals surface area contributed by atoms with Crippen molar-refractivity contribution < 1.29 is 14.1 Å². The molecule has 3 aromatic rings. The number of hydrogen-bond acceptors (Lipinski definition) is 5. The van der Waals surface area contributed by atoms with Crippen molar-refractivity contribution in [3.05, 3.63) is 76.2 Å². The Morgan fingerprint density at radius 1 is 1.03 bits per heavy atom. The van der Waals surface area contributed by atoms with Gasteiger partial charge in [0.05, 0.1) is 5.56 Å². The van der Waals surface area contributed by atoms with Crippen molar-refractivity contribution in [3.8, 4) is 5.75 Å². The van der Waals surface area contributed by atoms with E-state index in [-0.39, 0.29) is 18.2 Å². The van der Waals surface area contributed by atoms with Crippen LogP contribution in [0.1, 0.15) is 57.8 Å². The van der Waals surface area contributed by atoms with Crippen LogP contribution in [0.4, 0.5) is 5.69 Å². The fraction of sp³-hybridized carbons (Fsp3) is 0.385. The fourth-order valence-corrected chi connectivity index (χ4v) is 3.96. The van der Waals surface area contributed by atoms with Gasteiger partial charge in [0, 0.05) is 12.2 Å². The molecule has 2 heterocycles. The molecule has 1 aliphatic heterocycles. The molecule has 0 atom stereocenters. The van der Waals surface area contributed by atoms with E-state index in [0.29, 0.717) is 11.3 Å². The van der Waals surface area contributed by atoms with Crippen molar-refractivity contribution in [3.63, 3.8) is 0 Å². The van der Waals surface area contributed by atoms with Crippen molar-refractivity contribution in [2.75, 3.05) is 18.4 Å². The van der Waals surface area contributed by atoms with E-state index in [2.05, 4.69) is 34.4 Å². The predicted molar refractivity (Wildman–Crippen MR) is 125 cm³/mol.